The smallest absolute Gasteiger partial charge is 0.335 e. The van der Waals surface area contributed by atoms with Crippen LogP contribution in [0.1, 0.15) is 21.5 Å². The van der Waals surface area contributed by atoms with Crippen molar-refractivity contribution < 1.29 is 29.7 Å². The molecular formula is C13H10O6. The molecule has 1 aromatic carbocycles. The zero-order valence-electron chi connectivity index (χ0n) is 9.61. The highest BCUT2D eigenvalue weighted by Gasteiger charge is 2.05. The summed E-state index contributed by atoms with van der Waals surface area (Å²) in [5.74, 6) is -3.51. The molecule has 0 saturated carbocycles. The number of carboxylic acids is 3. The minimum atomic E-state index is -1.18. The molecule has 0 amide bonds. The minimum absolute atomic E-state index is 0.0578. The fraction of sp³-hybridized carbons (Fsp3) is 0. The molecule has 0 aliphatic rings. The molecule has 0 fully saturated rings. The van der Waals surface area contributed by atoms with E-state index in [-0.39, 0.29) is 5.56 Å². The fourth-order valence-electron chi connectivity index (χ4n) is 1.33. The highest BCUT2D eigenvalue weighted by atomic mass is 16.4. The van der Waals surface area contributed by atoms with E-state index in [1.165, 1.54) is 30.4 Å². The van der Waals surface area contributed by atoms with E-state index in [0.717, 1.165) is 12.2 Å². The molecule has 0 atom stereocenters. The van der Waals surface area contributed by atoms with E-state index in [0.29, 0.717) is 11.1 Å². The molecule has 0 bridgehead atoms. The molecule has 0 aliphatic heterocycles. The summed E-state index contributed by atoms with van der Waals surface area (Å²) in [5.41, 5.74) is 0.650. The largest absolute Gasteiger partial charge is 0.478 e. The Labute approximate surface area is 107 Å². The van der Waals surface area contributed by atoms with E-state index in [2.05, 4.69) is 0 Å². The molecule has 6 nitrogen and oxygen atoms in total. The summed E-state index contributed by atoms with van der Waals surface area (Å²) < 4.78 is 0. The van der Waals surface area contributed by atoms with Crippen LogP contribution in [0.3, 0.4) is 0 Å². The van der Waals surface area contributed by atoms with Crippen LogP contribution in [0, 0.1) is 0 Å². The Bertz CT molecular complexity index is 541. The van der Waals surface area contributed by atoms with Gasteiger partial charge in [-0.2, -0.15) is 0 Å². The molecule has 98 valence electrons. The van der Waals surface area contributed by atoms with Gasteiger partial charge in [-0.3, -0.25) is 0 Å². The summed E-state index contributed by atoms with van der Waals surface area (Å²) in [6, 6.07) is 4.06. The molecule has 0 saturated heterocycles. The van der Waals surface area contributed by atoms with Crippen LogP contribution in [0.5, 0.6) is 0 Å². The van der Waals surface area contributed by atoms with Crippen LogP contribution in [0.2, 0.25) is 0 Å². The zero-order valence-corrected chi connectivity index (χ0v) is 9.61. The van der Waals surface area contributed by atoms with Gasteiger partial charge in [0.2, 0.25) is 0 Å². The molecule has 3 N–H and O–H groups in total. The first-order valence-electron chi connectivity index (χ1n) is 5.09. The number of carbonyl (C=O) groups is 3. The van der Waals surface area contributed by atoms with Crippen molar-refractivity contribution in [2.24, 2.45) is 0 Å². The van der Waals surface area contributed by atoms with Gasteiger partial charge in [0.05, 0.1) is 5.56 Å². The predicted molar refractivity (Wildman–Crippen MR) is 66.7 cm³/mol. The van der Waals surface area contributed by atoms with Crippen molar-refractivity contribution in [2.75, 3.05) is 0 Å². The Hall–Kier alpha value is -2.89. The topological polar surface area (TPSA) is 112 Å². The van der Waals surface area contributed by atoms with Gasteiger partial charge in [-0.1, -0.05) is 0 Å². The summed E-state index contributed by atoms with van der Waals surface area (Å²) >= 11 is 0. The molecular weight excluding hydrogens is 252 g/mol. The van der Waals surface area contributed by atoms with Crippen LogP contribution in [0.15, 0.2) is 30.4 Å². The van der Waals surface area contributed by atoms with Gasteiger partial charge in [-0.25, -0.2) is 14.4 Å². The SMILES string of the molecule is O=C(O)C=Cc1cc(C=CC(=O)O)cc(C(=O)O)c1. The number of hydrogen-bond donors (Lipinski definition) is 3. The van der Waals surface area contributed by atoms with Gasteiger partial charge in [-0.15, -0.1) is 0 Å². The van der Waals surface area contributed by atoms with E-state index in [1.807, 2.05) is 0 Å². The highest BCUT2D eigenvalue weighted by Crippen LogP contribution is 2.14. The van der Waals surface area contributed by atoms with E-state index < -0.39 is 17.9 Å². The Morgan fingerprint density at radius 1 is 0.789 bits per heavy atom. The molecule has 19 heavy (non-hydrogen) atoms. The van der Waals surface area contributed by atoms with Gasteiger partial charge < -0.3 is 15.3 Å². The van der Waals surface area contributed by atoms with Crippen molar-refractivity contribution in [1.82, 2.24) is 0 Å². The van der Waals surface area contributed by atoms with Crippen LogP contribution >= 0.6 is 0 Å². The Balaban J connectivity index is 3.21. The average molecular weight is 262 g/mol. The minimum Gasteiger partial charge on any atom is -0.478 e. The van der Waals surface area contributed by atoms with Gasteiger partial charge in [0.1, 0.15) is 0 Å². The monoisotopic (exact) mass is 262 g/mol. The third kappa shape index (κ3) is 4.86. The second-order valence-corrected chi connectivity index (χ2v) is 3.54. The lowest BCUT2D eigenvalue weighted by Crippen LogP contribution is -1.97. The van der Waals surface area contributed by atoms with E-state index >= 15 is 0 Å². The molecule has 0 aliphatic carbocycles. The van der Waals surface area contributed by atoms with Crippen molar-refractivity contribution >= 4 is 30.1 Å². The summed E-state index contributed by atoms with van der Waals surface area (Å²) in [6.45, 7) is 0. The third-order valence-electron chi connectivity index (χ3n) is 2.06. The van der Waals surface area contributed by atoms with Crippen molar-refractivity contribution in [3.05, 3.63) is 47.0 Å². The number of rotatable bonds is 5. The van der Waals surface area contributed by atoms with Crippen LogP contribution in [-0.2, 0) is 9.59 Å². The fourth-order valence-corrected chi connectivity index (χ4v) is 1.33. The zero-order chi connectivity index (χ0) is 14.4. The second kappa shape index (κ2) is 6.15. The van der Waals surface area contributed by atoms with Crippen molar-refractivity contribution in [3.63, 3.8) is 0 Å². The summed E-state index contributed by atoms with van der Waals surface area (Å²) in [5, 5.41) is 25.9. The van der Waals surface area contributed by atoms with Crippen LogP contribution < -0.4 is 0 Å². The molecule has 0 aromatic heterocycles. The Morgan fingerprint density at radius 3 is 1.53 bits per heavy atom. The Morgan fingerprint density at radius 2 is 1.21 bits per heavy atom. The normalized spacial score (nSPS) is 10.9. The number of carboxylic acid groups (broad SMARTS) is 3. The quantitative estimate of drug-likeness (QED) is 0.694. The molecule has 0 heterocycles. The van der Waals surface area contributed by atoms with Gasteiger partial charge in [0, 0.05) is 12.2 Å². The van der Waals surface area contributed by atoms with Gasteiger partial charge in [0.15, 0.2) is 0 Å². The first kappa shape index (κ1) is 14.2. The van der Waals surface area contributed by atoms with Gasteiger partial charge in [-0.05, 0) is 41.5 Å². The van der Waals surface area contributed by atoms with E-state index in [4.69, 9.17) is 15.3 Å². The molecule has 0 spiro atoms. The molecule has 1 aromatic rings. The first-order chi connectivity index (χ1) is 8.88. The van der Waals surface area contributed by atoms with Crippen LogP contribution in [-0.4, -0.2) is 33.2 Å². The van der Waals surface area contributed by atoms with Crippen LogP contribution in [0.4, 0.5) is 0 Å². The summed E-state index contributed by atoms with van der Waals surface area (Å²) in [6.07, 6.45) is 4.19. The molecule has 1 rings (SSSR count). The van der Waals surface area contributed by atoms with Crippen molar-refractivity contribution in [2.45, 2.75) is 0 Å². The van der Waals surface area contributed by atoms with Gasteiger partial charge in [0.25, 0.3) is 0 Å². The lowest BCUT2D eigenvalue weighted by Gasteiger charge is -2.01. The van der Waals surface area contributed by atoms with Crippen molar-refractivity contribution in [3.8, 4) is 0 Å². The number of aliphatic carboxylic acids is 2. The molecule has 6 heteroatoms. The molecule has 0 radical (unpaired) electrons. The second-order valence-electron chi connectivity index (χ2n) is 3.54. The average Bonchev–Trinajstić information content (AvgIpc) is 2.33. The number of hydrogen-bond acceptors (Lipinski definition) is 3. The lowest BCUT2D eigenvalue weighted by molar-refractivity contribution is -0.132. The summed E-state index contributed by atoms with van der Waals surface area (Å²) in [4.78, 5) is 31.7. The summed E-state index contributed by atoms with van der Waals surface area (Å²) in [7, 11) is 0. The standard InChI is InChI=1S/C13H10O6/c14-11(15)3-1-8-5-9(2-4-12(16)17)7-10(6-8)13(18)19/h1-7H,(H,14,15)(H,16,17)(H,18,19). The van der Waals surface area contributed by atoms with Crippen LogP contribution in [0.25, 0.3) is 12.2 Å². The van der Waals surface area contributed by atoms with E-state index in [1.54, 1.807) is 0 Å². The number of aromatic carboxylic acids is 1. The highest BCUT2D eigenvalue weighted by molar-refractivity contribution is 5.91. The van der Waals surface area contributed by atoms with Gasteiger partial charge >= 0.3 is 17.9 Å². The molecule has 0 unspecified atom stereocenters. The predicted octanol–water partition coefficient (Wildman–Crippen LogP) is 1.58. The first-order valence-corrected chi connectivity index (χ1v) is 5.09. The maximum atomic E-state index is 10.9. The van der Waals surface area contributed by atoms with Crippen molar-refractivity contribution in [1.29, 1.82) is 0 Å². The maximum Gasteiger partial charge on any atom is 0.335 e. The third-order valence-corrected chi connectivity index (χ3v) is 2.06. The maximum absolute atomic E-state index is 10.9. The Kier molecular flexibility index (Phi) is 4.59. The van der Waals surface area contributed by atoms with E-state index in [9.17, 15) is 14.4 Å². The lowest BCUT2D eigenvalue weighted by atomic mass is 10.0. The number of benzene rings is 1.